The van der Waals surface area contributed by atoms with Crippen molar-refractivity contribution >= 4 is 0 Å². The number of alkyl halides is 3. The third kappa shape index (κ3) is 2.04. The van der Waals surface area contributed by atoms with E-state index in [0.29, 0.717) is 0 Å². The quantitative estimate of drug-likeness (QED) is 0.868. The molecule has 1 heterocycles. The van der Waals surface area contributed by atoms with Crippen LogP contribution in [0.15, 0.2) is 18.3 Å². The van der Waals surface area contributed by atoms with Gasteiger partial charge in [-0.05, 0) is 24.5 Å². The van der Waals surface area contributed by atoms with Crippen molar-refractivity contribution in [1.29, 1.82) is 0 Å². The zero-order chi connectivity index (χ0) is 12.9. The highest BCUT2D eigenvalue weighted by atomic mass is 19.4. The molecule has 2 rings (SSSR count). The molecule has 1 aromatic rings. The maximum atomic E-state index is 12.4. The lowest BCUT2D eigenvalue weighted by molar-refractivity contribution is -0.141. The fourth-order valence-corrected chi connectivity index (χ4v) is 1.98. The lowest BCUT2D eigenvalue weighted by Gasteiger charge is -2.32. The second-order valence-corrected chi connectivity index (χ2v) is 5.21. The van der Waals surface area contributed by atoms with E-state index in [1.807, 2.05) is 13.8 Å². The molecule has 0 bridgehead atoms. The molecule has 1 aliphatic rings. The molecular formula is C12H15F3N2. The van der Waals surface area contributed by atoms with E-state index in [2.05, 4.69) is 4.98 Å². The van der Waals surface area contributed by atoms with E-state index in [4.69, 9.17) is 5.73 Å². The van der Waals surface area contributed by atoms with Gasteiger partial charge in [-0.1, -0.05) is 19.9 Å². The summed E-state index contributed by atoms with van der Waals surface area (Å²) < 4.78 is 37.1. The number of nitrogens with zero attached hydrogens (tertiary/aromatic N) is 1. The van der Waals surface area contributed by atoms with E-state index < -0.39 is 11.9 Å². The summed E-state index contributed by atoms with van der Waals surface area (Å²) in [7, 11) is 0. The summed E-state index contributed by atoms with van der Waals surface area (Å²) in [5.41, 5.74) is 5.38. The molecule has 2 nitrogen and oxygen atoms in total. The third-order valence-corrected chi connectivity index (χ3v) is 3.81. The molecule has 94 valence electrons. The molecule has 1 aliphatic carbocycles. The Morgan fingerprint density at radius 3 is 2.18 bits per heavy atom. The summed E-state index contributed by atoms with van der Waals surface area (Å²) in [6, 6.07) is 2.49. The maximum absolute atomic E-state index is 12.4. The van der Waals surface area contributed by atoms with E-state index in [-0.39, 0.29) is 11.0 Å². The summed E-state index contributed by atoms with van der Waals surface area (Å²) in [4.78, 5) is 3.48. The number of nitrogens with two attached hydrogens (primary N) is 1. The van der Waals surface area contributed by atoms with Gasteiger partial charge < -0.3 is 5.73 Å². The van der Waals surface area contributed by atoms with Crippen LogP contribution in [-0.4, -0.2) is 10.5 Å². The Kier molecular flexibility index (Phi) is 2.51. The van der Waals surface area contributed by atoms with Gasteiger partial charge in [-0.25, -0.2) is 0 Å². The minimum absolute atomic E-state index is 0.297. The van der Waals surface area contributed by atoms with Crippen molar-refractivity contribution in [2.45, 2.75) is 43.8 Å². The van der Waals surface area contributed by atoms with Crippen LogP contribution in [0.1, 0.15) is 37.9 Å². The molecule has 2 N–H and O–H groups in total. The van der Waals surface area contributed by atoms with Gasteiger partial charge in [0.25, 0.3) is 0 Å². The molecule has 0 spiro atoms. The Labute approximate surface area is 98.0 Å². The van der Waals surface area contributed by atoms with Crippen LogP contribution in [0.25, 0.3) is 0 Å². The van der Waals surface area contributed by atoms with Crippen molar-refractivity contribution in [3.8, 4) is 0 Å². The van der Waals surface area contributed by atoms with E-state index in [0.717, 1.165) is 24.5 Å². The first-order valence-electron chi connectivity index (χ1n) is 5.49. The van der Waals surface area contributed by atoms with Crippen molar-refractivity contribution in [2.75, 3.05) is 0 Å². The van der Waals surface area contributed by atoms with Gasteiger partial charge in [-0.15, -0.1) is 0 Å². The first-order valence-corrected chi connectivity index (χ1v) is 5.49. The Morgan fingerprint density at radius 1 is 1.24 bits per heavy atom. The molecule has 0 amide bonds. The van der Waals surface area contributed by atoms with Crippen molar-refractivity contribution in [3.63, 3.8) is 0 Å². The molecule has 0 radical (unpaired) electrons. The molecule has 1 aromatic heterocycles. The van der Waals surface area contributed by atoms with Gasteiger partial charge in [0.2, 0.25) is 0 Å². The van der Waals surface area contributed by atoms with Gasteiger partial charge in [0.15, 0.2) is 0 Å². The lowest BCUT2D eigenvalue weighted by Crippen LogP contribution is -2.43. The summed E-state index contributed by atoms with van der Waals surface area (Å²) in [6.45, 7) is 3.90. The fourth-order valence-electron chi connectivity index (χ4n) is 1.98. The predicted octanol–water partition coefficient (Wildman–Crippen LogP) is 2.87. The second-order valence-electron chi connectivity index (χ2n) is 5.21. The molecule has 0 atom stereocenters. The number of hydrogen-bond donors (Lipinski definition) is 1. The monoisotopic (exact) mass is 244 g/mol. The summed E-state index contributed by atoms with van der Waals surface area (Å²) in [6.07, 6.45) is -1.29. The SMILES string of the molecule is CC(C)(c1ccc(C(F)(F)F)nc1)C1(N)CC1. The highest BCUT2D eigenvalue weighted by molar-refractivity contribution is 5.31. The van der Waals surface area contributed by atoms with E-state index >= 15 is 0 Å². The van der Waals surface area contributed by atoms with Gasteiger partial charge in [0.05, 0.1) is 0 Å². The first-order chi connectivity index (χ1) is 7.67. The number of rotatable bonds is 2. The van der Waals surface area contributed by atoms with Crippen LogP contribution in [0.4, 0.5) is 13.2 Å². The van der Waals surface area contributed by atoms with Gasteiger partial charge in [0.1, 0.15) is 5.69 Å². The topological polar surface area (TPSA) is 38.9 Å². The Bertz CT molecular complexity index is 416. The van der Waals surface area contributed by atoms with E-state index in [9.17, 15) is 13.2 Å². The molecule has 0 unspecified atom stereocenters. The number of hydrogen-bond acceptors (Lipinski definition) is 2. The molecule has 0 saturated heterocycles. The van der Waals surface area contributed by atoms with E-state index in [1.165, 1.54) is 12.3 Å². The number of aromatic nitrogens is 1. The van der Waals surface area contributed by atoms with Crippen LogP contribution in [0, 0.1) is 0 Å². The summed E-state index contributed by atoms with van der Waals surface area (Å²) >= 11 is 0. The molecular weight excluding hydrogens is 229 g/mol. The van der Waals surface area contributed by atoms with Crippen LogP contribution in [0.5, 0.6) is 0 Å². The van der Waals surface area contributed by atoms with Gasteiger partial charge in [-0.3, -0.25) is 4.98 Å². The lowest BCUT2D eigenvalue weighted by atomic mass is 9.76. The fraction of sp³-hybridized carbons (Fsp3) is 0.583. The molecule has 5 heteroatoms. The predicted molar refractivity (Wildman–Crippen MR) is 58.4 cm³/mol. The zero-order valence-electron chi connectivity index (χ0n) is 9.80. The number of pyridine rings is 1. The molecule has 1 fully saturated rings. The first kappa shape index (κ1) is 12.4. The van der Waals surface area contributed by atoms with Crippen LogP contribution in [0.2, 0.25) is 0 Å². The van der Waals surface area contributed by atoms with Crippen LogP contribution >= 0.6 is 0 Å². The third-order valence-electron chi connectivity index (χ3n) is 3.81. The molecule has 1 saturated carbocycles. The minimum atomic E-state index is -4.39. The second kappa shape index (κ2) is 3.45. The average molecular weight is 244 g/mol. The highest BCUT2D eigenvalue weighted by Gasteiger charge is 2.52. The zero-order valence-corrected chi connectivity index (χ0v) is 9.80. The summed E-state index contributed by atoms with van der Waals surface area (Å²) in [5.74, 6) is 0. The van der Waals surface area contributed by atoms with Gasteiger partial charge in [-0.2, -0.15) is 13.2 Å². The van der Waals surface area contributed by atoms with Crippen molar-refractivity contribution in [1.82, 2.24) is 4.98 Å². The largest absolute Gasteiger partial charge is 0.433 e. The van der Waals surface area contributed by atoms with Gasteiger partial charge >= 0.3 is 6.18 Å². The normalized spacial score (nSPS) is 19.2. The van der Waals surface area contributed by atoms with E-state index in [1.54, 1.807) is 0 Å². The molecule has 17 heavy (non-hydrogen) atoms. The van der Waals surface area contributed by atoms with Crippen LogP contribution in [-0.2, 0) is 11.6 Å². The summed E-state index contributed by atoms with van der Waals surface area (Å²) in [5, 5.41) is 0. The highest BCUT2D eigenvalue weighted by Crippen LogP contribution is 2.49. The Hall–Kier alpha value is -1.10. The average Bonchev–Trinajstić information content (AvgIpc) is 2.97. The standard InChI is InChI=1S/C12H15F3N2/c1-10(2,11(16)5-6-11)8-3-4-9(17-7-8)12(13,14)15/h3-4,7H,5-6,16H2,1-2H3. The van der Waals surface area contributed by atoms with Gasteiger partial charge in [0, 0.05) is 17.2 Å². The minimum Gasteiger partial charge on any atom is -0.324 e. The Balaban J connectivity index is 2.30. The maximum Gasteiger partial charge on any atom is 0.433 e. The van der Waals surface area contributed by atoms with Crippen molar-refractivity contribution in [2.24, 2.45) is 5.73 Å². The van der Waals surface area contributed by atoms with Crippen molar-refractivity contribution in [3.05, 3.63) is 29.6 Å². The van der Waals surface area contributed by atoms with Crippen LogP contribution in [0.3, 0.4) is 0 Å². The molecule has 0 aromatic carbocycles. The molecule has 0 aliphatic heterocycles. The smallest absolute Gasteiger partial charge is 0.324 e. The van der Waals surface area contributed by atoms with Crippen molar-refractivity contribution < 1.29 is 13.2 Å². The Morgan fingerprint density at radius 2 is 1.82 bits per heavy atom. The van der Waals surface area contributed by atoms with Crippen LogP contribution < -0.4 is 5.73 Å². The number of halogens is 3.